The van der Waals surface area contributed by atoms with E-state index in [9.17, 15) is 9.59 Å². The summed E-state index contributed by atoms with van der Waals surface area (Å²) in [6.07, 6.45) is -0.972. The van der Waals surface area contributed by atoms with Gasteiger partial charge in [-0.3, -0.25) is 0 Å². The first-order valence-electron chi connectivity index (χ1n) is 9.77. The molecular weight excluding hydrogens is 372 g/mol. The molecule has 0 spiro atoms. The fourth-order valence-electron chi connectivity index (χ4n) is 2.66. The standard InChI is InChI=1S/C23H28O6/c1-4-26-21(23(25)27-5-2)15-18-11-13-20(14-12-18)29-17(3)22(24)28-16-19-9-7-6-8-10-19/h6-14,17,21H,4-5,15-16H2,1-3H3/t17?,21-/m1/s1. The largest absolute Gasteiger partial charge is 0.479 e. The molecule has 0 amide bonds. The van der Waals surface area contributed by atoms with Crippen molar-refractivity contribution < 1.29 is 28.5 Å². The Morgan fingerprint density at radius 1 is 0.828 bits per heavy atom. The first-order chi connectivity index (χ1) is 14.0. The molecule has 2 aromatic rings. The van der Waals surface area contributed by atoms with Crippen molar-refractivity contribution in [1.29, 1.82) is 0 Å². The third-order valence-corrected chi connectivity index (χ3v) is 4.13. The van der Waals surface area contributed by atoms with Gasteiger partial charge in [0, 0.05) is 13.0 Å². The van der Waals surface area contributed by atoms with Gasteiger partial charge in [0.2, 0.25) is 0 Å². The van der Waals surface area contributed by atoms with E-state index in [0.29, 0.717) is 25.4 Å². The molecule has 2 atom stereocenters. The average Bonchev–Trinajstić information content (AvgIpc) is 2.74. The Kier molecular flexibility index (Phi) is 9.18. The van der Waals surface area contributed by atoms with Crippen molar-refractivity contribution in [2.75, 3.05) is 13.2 Å². The normalized spacial score (nSPS) is 12.7. The lowest BCUT2D eigenvalue weighted by molar-refractivity contribution is -0.156. The van der Waals surface area contributed by atoms with Crippen molar-refractivity contribution in [1.82, 2.24) is 0 Å². The average molecular weight is 400 g/mol. The number of carbonyl (C=O) groups is 2. The fraction of sp³-hybridized carbons (Fsp3) is 0.391. The van der Waals surface area contributed by atoms with Gasteiger partial charge < -0.3 is 18.9 Å². The molecule has 0 aromatic heterocycles. The number of benzene rings is 2. The molecule has 0 aliphatic rings. The lowest BCUT2D eigenvalue weighted by Crippen LogP contribution is -2.29. The van der Waals surface area contributed by atoms with Gasteiger partial charge in [0.05, 0.1) is 6.61 Å². The Hall–Kier alpha value is -2.86. The summed E-state index contributed by atoms with van der Waals surface area (Å²) in [7, 11) is 0. The Labute approximate surface area is 171 Å². The number of hydrogen-bond acceptors (Lipinski definition) is 6. The van der Waals surface area contributed by atoms with Crippen LogP contribution in [-0.4, -0.2) is 37.4 Å². The first-order valence-corrected chi connectivity index (χ1v) is 9.77. The van der Waals surface area contributed by atoms with Gasteiger partial charge in [0.1, 0.15) is 12.4 Å². The van der Waals surface area contributed by atoms with Gasteiger partial charge in [-0.1, -0.05) is 42.5 Å². The third kappa shape index (κ3) is 7.58. The maximum atomic E-state index is 12.1. The zero-order chi connectivity index (χ0) is 21.1. The maximum absolute atomic E-state index is 12.1. The van der Waals surface area contributed by atoms with Crippen LogP contribution in [0.15, 0.2) is 54.6 Å². The quantitative estimate of drug-likeness (QED) is 0.536. The van der Waals surface area contributed by atoms with Crippen molar-refractivity contribution in [2.45, 2.75) is 46.0 Å². The number of esters is 2. The summed E-state index contributed by atoms with van der Waals surface area (Å²) in [6.45, 7) is 6.19. The van der Waals surface area contributed by atoms with Crippen molar-refractivity contribution in [2.24, 2.45) is 0 Å². The second-order valence-corrected chi connectivity index (χ2v) is 6.40. The lowest BCUT2D eigenvalue weighted by atomic mass is 10.1. The molecule has 1 unspecified atom stereocenters. The molecule has 0 aliphatic carbocycles. The van der Waals surface area contributed by atoms with Gasteiger partial charge in [-0.15, -0.1) is 0 Å². The molecular formula is C23H28O6. The Balaban J connectivity index is 1.86. The number of ether oxygens (including phenoxy) is 4. The van der Waals surface area contributed by atoms with Crippen molar-refractivity contribution in [3.05, 3.63) is 65.7 Å². The minimum Gasteiger partial charge on any atom is -0.479 e. The first kappa shape index (κ1) is 22.4. The topological polar surface area (TPSA) is 71.1 Å². The zero-order valence-electron chi connectivity index (χ0n) is 17.1. The van der Waals surface area contributed by atoms with Gasteiger partial charge in [-0.05, 0) is 44.0 Å². The van der Waals surface area contributed by atoms with Gasteiger partial charge in [0.25, 0.3) is 0 Å². The lowest BCUT2D eigenvalue weighted by Gasteiger charge is -2.17. The molecule has 0 N–H and O–H groups in total. The summed E-state index contributed by atoms with van der Waals surface area (Å²) in [5.41, 5.74) is 1.83. The predicted octanol–water partition coefficient (Wildman–Crippen LogP) is 3.71. The summed E-state index contributed by atoms with van der Waals surface area (Å²) in [6, 6.07) is 16.7. The highest BCUT2D eigenvalue weighted by Crippen LogP contribution is 2.17. The van der Waals surface area contributed by atoms with Crippen LogP contribution in [0.2, 0.25) is 0 Å². The molecule has 6 nitrogen and oxygen atoms in total. The van der Waals surface area contributed by atoms with Crippen molar-refractivity contribution >= 4 is 11.9 Å². The molecule has 0 radical (unpaired) electrons. The molecule has 0 aliphatic heterocycles. The molecule has 0 heterocycles. The van der Waals surface area contributed by atoms with E-state index in [4.69, 9.17) is 18.9 Å². The summed E-state index contributed by atoms with van der Waals surface area (Å²) >= 11 is 0. The number of hydrogen-bond donors (Lipinski definition) is 0. The van der Waals surface area contributed by atoms with E-state index < -0.39 is 18.2 Å². The monoisotopic (exact) mass is 400 g/mol. The van der Waals surface area contributed by atoms with Crippen molar-refractivity contribution in [3.8, 4) is 5.75 Å². The second kappa shape index (κ2) is 11.9. The molecule has 0 fully saturated rings. The van der Waals surface area contributed by atoms with E-state index in [1.165, 1.54) is 0 Å². The highest BCUT2D eigenvalue weighted by atomic mass is 16.6. The molecule has 0 saturated heterocycles. The third-order valence-electron chi connectivity index (χ3n) is 4.13. The maximum Gasteiger partial charge on any atom is 0.347 e. The SMILES string of the molecule is CCOC(=O)[C@@H](Cc1ccc(OC(C)C(=O)OCc2ccccc2)cc1)OCC. The van der Waals surface area contributed by atoms with Gasteiger partial charge in [0.15, 0.2) is 12.2 Å². The highest BCUT2D eigenvalue weighted by molar-refractivity contribution is 5.75. The van der Waals surface area contributed by atoms with E-state index in [0.717, 1.165) is 11.1 Å². The molecule has 29 heavy (non-hydrogen) atoms. The van der Waals surface area contributed by atoms with E-state index in [2.05, 4.69) is 0 Å². The van der Waals surface area contributed by atoms with Crippen LogP contribution in [-0.2, 0) is 36.8 Å². The van der Waals surface area contributed by atoms with Crippen LogP contribution in [0.1, 0.15) is 31.9 Å². The molecule has 6 heteroatoms. The zero-order valence-corrected chi connectivity index (χ0v) is 17.1. The number of carbonyl (C=O) groups excluding carboxylic acids is 2. The molecule has 2 aromatic carbocycles. The predicted molar refractivity (Wildman–Crippen MR) is 109 cm³/mol. The Morgan fingerprint density at radius 2 is 1.52 bits per heavy atom. The van der Waals surface area contributed by atoms with Crippen LogP contribution in [0.4, 0.5) is 0 Å². The smallest absolute Gasteiger partial charge is 0.347 e. The van der Waals surface area contributed by atoms with E-state index in [1.807, 2.05) is 49.4 Å². The summed E-state index contributed by atoms with van der Waals surface area (Å²) in [4.78, 5) is 24.1. The highest BCUT2D eigenvalue weighted by Gasteiger charge is 2.21. The minimum absolute atomic E-state index is 0.207. The van der Waals surface area contributed by atoms with Gasteiger partial charge in [-0.2, -0.15) is 0 Å². The summed E-state index contributed by atoms with van der Waals surface area (Å²) in [5, 5.41) is 0. The van der Waals surface area contributed by atoms with E-state index >= 15 is 0 Å². The molecule has 0 saturated carbocycles. The molecule has 0 bridgehead atoms. The Morgan fingerprint density at radius 3 is 2.14 bits per heavy atom. The summed E-state index contributed by atoms with van der Waals surface area (Å²) < 4.78 is 21.5. The van der Waals surface area contributed by atoms with E-state index in [1.54, 1.807) is 26.0 Å². The van der Waals surface area contributed by atoms with Crippen LogP contribution >= 0.6 is 0 Å². The fourth-order valence-corrected chi connectivity index (χ4v) is 2.66. The number of rotatable bonds is 11. The molecule has 2 rings (SSSR count). The van der Waals surface area contributed by atoms with E-state index in [-0.39, 0.29) is 12.6 Å². The second-order valence-electron chi connectivity index (χ2n) is 6.40. The van der Waals surface area contributed by atoms with Crippen LogP contribution < -0.4 is 4.74 Å². The van der Waals surface area contributed by atoms with Crippen LogP contribution in [0.25, 0.3) is 0 Å². The van der Waals surface area contributed by atoms with Crippen LogP contribution in [0.5, 0.6) is 5.75 Å². The van der Waals surface area contributed by atoms with Crippen molar-refractivity contribution in [3.63, 3.8) is 0 Å². The Bertz CT molecular complexity index is 757. The van der Waals surface area contributed by atoms with Crippen LogP contribution in [0.3, 0.4) is 0 Å². The van der Waals surface area contributed by atoms with Gasteiger partial charge >= 0.3 is 11.9 Å². The van der Waals surface area contributed by atoms with Crippen LogP contribution in [0, 0.1) is 0 Å². The van der Waals surface area contributed by atoms with Gasteiger partial charge in [-0.25, -0.2) is 9.59 Å². The minimum atomic E-state index is -0.736. The summed E-state index contributed by atoms with van der Waals surface area (Å²) in [5.74, 6) is -0.261. The molecule has 156 valence electrons.